The molecular formula is C10H19NO2S. The van der Waals surface area contributed by atoms with Gasteiger partial charge in [0.05, 0.1) is 5.25 Å². The van der Waals surface area contributed by atoms with Crippen molar-refractivity contribution in [3.63, 3.8) is 0 Å². The first kappa shape index (κ1) is 11.9. The van der Waals surface area contributed by atoms with E-state index in [-0.39, 0.29) is 11.2 Å². The lowest BCUT2D eigenvalue weighted by atomic mass is 10.2. The minimum absolute atomic E-state index is 0.175. The summed E-state index contributed by atoms with van der Waals surface area (Å²) < 4.78 is 4.97. The largest absolute Gasteiger partial charge is 0.385 e. The van der Waals surface area contributed by atoms with Crippen molar-refractivity contribution < 1.29 is 9.53 Å². The van der Waals surface area contributed by atoms with E-state index in [9.17, 15) is 4.79 Å². The summed E-state index contributed by atoms with van der Waals surface area (Å²) in [5, 5.41) is 3.12. The molecule has 1 amide bonds. The third-order valence-corrected chi connectivity index (χ3v) is 3.67. The van der Waals surface area contributed by atoms with Crippen LogP contribution >= 0.6 is 11.8 Å². The third-order valence-electron chi connectivity index (χ3n) is 2.30. The molecule has 1 aliphatic heterocycles. The molecule has 1 saturated heterocycles. The Morgan fingerprint density at radius 2 is 2.43 bits per heavy atom. The highest BCUT2D eigenvalue weighted by Gasteiger charge is 2.20. The van der Waals surface area contributed by atoms with Gasteiger partial charge in [0.15, 0.2) is 0 Å². The Bertz CT molecular complexity index is 176. The summed E-state index contributed by atoms with van der Waals surface area (Å²) >= 11 is 1.77. The first-order chi connectivity index (χ1) is 6.84. The standard InChI is InChI=1S/C10H19NO2S/c1-13-7-4-8-14-9-5-2-3-6-11-10(9)12/h9H,2-8H2,1H3,(H,11,12)/t9-/m0/s1. The van der Waals surface area contributed by atoms with E-state index in [4.69, 9.17) is 4.74 Å². The SMILES string of the molecule is COCCCS[C@H]1CCCCNC1=O. The van der Waals surface area contributed by atoms with Crippen LogP contribution in [0.15, 0.2) is 0 Å². The molecule has 3 nitrogen and oxygen atoms in total. The van der Waals surface area contributed by atoms with Crippen molar-refractivity contribution in [3.05, 3.63) is 0 Å². The maximum atomic E-state index is 11.5. The van der Waals surface area contributed by atoms with Crippen LogP contribution in [0, 0.1) is 0 Å². The predicted molar refractivity (Wildman–Crippen MR) is 59.6 cm³/mol. The molecule has 4 heteroatoms. The van der Waals surface area contributed by atoms with Crippen molar-refractivity contribution in [2.24, 2.45) is 0 Å². The van der Waals surface area contributed by atoms with Crippen molar-refractivity contribution in [1.29, 1.82) is 0 Å². The second-order valence-corrected chi connectivity index (χ2v) is 4.80. The van der Waals surface area contributed by atoms with Crippen LogP contribution < -0.4 is 5.32 Å². The number of ether oxygens (including phenoxy) is 1. The molecule has 1 rings (SSSR count). The summed E-state index contributed by atoms with van der Waals surface area (Å²) in [6.07, 6.45) is 4.36. The molecule has 0 aliphatic carbocycles. The Hall–Kier alpha value is -0.220. The number of methoxy groups -OCH3 is 1. The minimum atomic E-state index is 0.175. The summed E-state index contributed by atoms with van der Waals surface area (Å²) in [6, 6.07) is 0. The van der Waals surface area contributed by atoms with E-state index in [1.807, 2.05) is 0 Å². The zero-order valence-corrected chi connectivity index (χ0v) is 9.57. The number of rotatable bonds is 5. The molecule has 1 N–H and O–H groups in total. The zero-order chi connectivity index (χ0) is 10.2. The van der Waals surface area contributed by atoms with E-state index in [1.165, 1.54) is 6.42 Å². The molecular weight excluding hydrogens is 198 g/mol. The molecule has 0 spiro atoms. The first-order valence-electron chi connectivity index (χ1n) is 5.23. The monoisotopic (exact) mass is 217 g/mol. The van der Waals surface area contributed by atoms with Gasteiger partial charge < -0.3 is 10.1 Å². The second-order valence-electron chi connectivity index (χ2n) is 3.49. The van der Waals surface area contributed by atoms with Crippen molar-refractivity contribution in [3.8, 4) is 0 Å². The summed E-state index contributed by atoms with van der Waals surface area (Å²) in [7, 11) is 1.71. The maximum Gasteiger partial charge on any atom is 0.233 e. The summed E-state index contributed by atoms with van der Waals surface area (Å²) in [6.45, 7) is 1.65. The lowest BCUT2D eigenvalue weighted by Crippen LogP contribution is -2.30. The Morgan fingerprint density at radius 1 is 1.57 bits per heavy atom. The van der Waals surface area contributed by atoms with Crippen LogP contribution in [0.2, 0.25) is 0 Å². The zero-order valence-electron chi connectivity index (χ0n) is 8.75. The second kappa shape index (κ2) is 7.12. The lowest BCUT2D eigenvalue weighted by molar-refractivity contribution is -0.120. The van der Waals surface area contributed by atoms with E-state index in [0.29, 0.717) is 0 Å². The normalized spacial score (nSPS) is 22.9. The Morgan fingerprint density at radius 3 is 3.21 bits per heavy atom. The van der Waals surface area contributed by atoms with E-state index in [0.717, 1.165) is 38.2 Å². The van der Waals surface area contributed by atoms with Crippen LogP contribution in [0.5, 0.6) is 0 Å². The van der Waals surface area contributed by atoms with Gasteiger partial charge in [-0.25, -0.2) is 0 Å². The number of carbonyl (C=O) groups excluding carboxylic acids is 1. The van der Waals surface area contributed by atoms with Gasteiger partial charge in [-0.05, 0) is 25.0 Å². The molecule has 0 aromatic carbocycles. The van der Waals surface area contributed by atoms with Gasteiger partial charge in [-0.15, -0.1) is 11.8 Å². The van der Waals surface area contributed by atoms with Gasteiger partial charge in [0.2, 0.25) is 5.91 Å². The van der Waals surface area contributed by atoms with Crippen LogP contribution in [-0.2, 0) is 9.53 Å². The van der Waals surface area contributed by atoms with E-state index in [1.54, 1.807) is 18.9 Å². The highest BCUT2D eigenvalue weighted by Crippen LogP contribution is 2.20. The van der Waals surface area contributed by atoms with Crippen LogP contribution in [0.3, 0.4) is 0 Å². The van der Waals surface area contributed by atoms with E-state index >= 15 is 0 Å². The molecule has 0 radical (unpaired) electrons. The fraction of sp³-hybridized carbons (Fsp3) is 0.900. The highest BCUT2D eigenvalue weighted by molar-refractivity contribution is 8.00. The average molecular weight is 217 g/mol. The maximum absolute atomic E-state index is 11.5. The van der Waals surface area contributed by atoms with Crippen molar-refractivity contribution >= 4 is 17.7 Å². The summed E-state index contributed by atoms with van der Waals surface area (Å²) in [5.41, 5.74) is 0. The van der Waals surface area contributed by atoms with Crippen molar-refractivity contribution in [2.75, 3.05) is 26.0 Å². The molecule has 1 fully saturated rings. The van der Waals surface area contributed by atoms with Gasteiger partial charge >= 0.3 is 0 Å². The van der Waals surface area contributed by atoms with Crippen LogP contribution in [-0.4, -0.2) is 37.2 Å². The van der Waals surface area contributed by atoms with Gasteiger partial charge in [0, 0.05) is 20.3 Å². The molecule has 0 bridgehead atoms. The molecule has 1 atom stereocenters. The van der Waals surface area contributed by atoms with Crippen molar-refractivity contribution in [2.45, 2.75) is 30.9 Å². The first-order valence-corrected chi connectivity index (χ1v) is 6.27. The topological polar surface area (TPSA) is 38.3 Å². The van der Waals surface area contributed by atoms with Gasteiger partial charge in [-0.3, -0.25) is 4.79 Å². The summed E-state index contributed by atoms with van der Waals surface area (Å²) in [4.78, 5) is 11.5. The van der Waals surface area contributed by atoms with Gasteiger partial charge in [-0.2, -0.15) is 0 Å². The van der Waals surface area contributed by atoms with Gasteiger partial charge in [-0.1, -0.05) is 6.42 Å². The number of nitrogens with one attached hydrogen (secondary N) is 1. The van der Waals surface area contributed by atoms with Crippen LogP contribution in [0.1, 0.15) is 25.7 Å². The van der Waals surface area contributed by atoms with Gasteiger partial charge in [0.25, 0.3) is 0 Å². The molecule has 0 aromatic heterocycles. The number of amides is 1. The quantitative estimate of drug-likeness (QED) is 0.708. The Labute approximate surface area is 90.0 Å². The fourth-order valence-electron chi connectivity index (χ4n) is 1.50. The highest BCUT2D eigenvalue weighted by atomic mass is 32.2. The Kier molecular flexibility index (Phi) is 6.03. The molecule has 82 valence electrons. The average Bonchev–Trinajstić information content (AvgIpc) is 2.39. The number of hydrogen-bond donors (Lipinski definition) is 1. The third kappa shape index (κ3) is 4.33. The van der Waals surface area contributed by atoms with Crippen molar-refractivity contribution in [1.82, 2.24) is 5.32 Å². The molecule has 14 heavy (non-hydrogen) atoms. The number of thioether (sulfide) groups is 1. The molecule has 0 unspecified atom stereocenters. The molecule has 0 saturated carbocycles. The lowest BCUT2D eigenvalue weighted by Gasteiger charge is -2.11. The number of carbonyl (C=O) groups is 1. The van der Waals surface area contributed by atoms with E-state index in [2.05, 4.69) is 5.32 Å². The fourth-order valence-corrected chi connectivity index (χ4v) is 2.64. The molecule has 1 aliphatic rings. The molecule has 1 heterocycles. The van der Waals surface area contributed by atoms with E-state index < -0.39 is 0 Å². The Balaban J connectivity index is 2.16. The smallest absolute Gasteiger partial charge is 0.233 e. The van der Waals surface area contributed by atoms with Gasteiger partial charge in [0.1, 0.15) is 0 Å². The summed E-state index contributed by atoms with van der Waals surface area (Å²) in [5.74, 6) is 1.25. The minimum Gasteiger partial charge on any atom is -0.385 e. The van der Waals surface area contributed by atoms with Crippen LogP contribution in [0.4, 0.5) is 0 Å². The molecule has 0 aromatic rings. The predicted octanol–water partition coefficient (Wildman–Crippen LogP) is 1.42. The van der Waals surface area contributed by atoms with Crippen LogP contribution in [0.25, 0.3) is 0 Å². The number of hydrogen-bond acceptors (Lipinski definition) is 3.